The minimum Gasteiger partial charge on any atom is -0.265 e. The highest BCUT2D eigenvalue weighted by atomic mass is 32.2. The van der Waals surface area contributed by atoms with Crippen LogP contribution in [-0.2, 0) is 14.3 Å². The molecule has 0 saturated carbocycles. The minimum atomic E-state index is -3.03. The second-order valence-electron chi connectivity index (χ2n) is 1.21. The highest BCUT2D eigenvalue weighted by Crippen LogP contribution is 2.23. The molecule has 1 fully saturated rings. The summed E-state index contributed by atoms with van der Waals surface area (Å²) in [5.74, 6) is 0. The Balaban J connectivity index is 2.76. The Morgan fingerprint density at radius 1 is 1.57 bits per heavy atom. The molecule has 1 rings (SSSR count). The van der Waals surface area contributed by atoms with Crippen LogP contribution in [0.25, 0.3) is 0 Å². The van der Waals surface area contributed by atoms with E-state index >= 15 is 0 Å². The van der Waals surface area contributed by atoms with E-state index in [0.29, 0.717) is 14.9 Å². The monoisotopic (exact) mass is 140 g/mol. The molecular formula is C2H5O3PS. The maximum absolute atomic E-state index is 10.2. The first kappa shape index (κ1) is 5.48. The van der Waals surface area contributed by atoms with Crippen LogP contribution in [0.2, 0.25) is 0 Å². The molecule has 5 heteroatoms. The smallest absolute Gasteiger partial charge is 0.265 e. The van der Waals surface area contributed by atoms with E-state index in [0.717, 1.165) is 0 Å². The van der Waals surface area contributed by atoms with Crippen LogP contribution in [0.5, 0.6) is 0 Å². The summed E-state index contributed by atoms with van der Waals surface area (Å²) in [5, 5.41) is 0. The molecule has 7 heavy (non-hydrogen) atoms. The lowest BCUT2D eigenvalue weighted by atomic mass is 11.7. The second kappa shape index (κ2) is 1.69. The van der Waals surface area contributed by atoms with Crippen LogP contribution in [0.4, 0.5) is 0 Å². The highest BCUT2D eigenvalue weighted by Gasteiger charge is 2.16. The molecule has 0 aromatic heterocycles. The van der Waals surface area contributed by atoms with E-state index in [4.69, 9.17) is 0 Å². The van der Waals surface area contributed by atoms with Crippen LogP contribution in [0.1, 0.15) is 0 Å². The predicted octanol–water partition coefficient (Wildman–Crippen LogP) is -0.0601. The first-order valence-electron chi connectivity index (χ1n) is 1.78. The van der Waals surface area contributed by atoms with Crippen LogP contribution in [0.15, 0.2) is 0 Å². The Bertz CT molecular complexity index is 136. The van der Waals surface area contributed by atoms with E-state index in [-0.39, 0.29) is 5.49 Å². The van der Waals surface area contributed by atoms with Gasteiger partial charge < -0.3 is 0 Å². The Morgan fingerprint density at radius 3 is 2.43 bits per heavy atom. The average Bonchev–Trinajstić information content (AvgIpc) is 1.84. The molecule has 42 valence electrons. The van der Waals surface area contributed by atoms with Gasteiger partial charge in [0.2, 0.25) is 0 Å². The van der Waals surface area contributed by atoms with Crippen molar-refractivity contribution in [3.05, 3.63) is 0 Å². The lowest BCUT2D eigenvalue weighted by molar-refractivity contribution is 0.393. The molecule has 1 atom stereocenters. The lowest BCUT2D eigenvalue weighted by Gasteiger charge is -1.83. The molecule has 1 aliphatic heterocycles. The molecule has 1 saturated heterocycles. The van der Waals surface area contributed by atoms with Gasteiger partial charge in [-0.05, 0) is 0 Å². The molecule has 0 N–H and O–H groups in total. The third kappa shape index (κ3) is 1.37. The molecule has 0 radical (unpaired) electrons. The van der Waals surface area contributed by atoms with Crippen LogP contribution >= 0.6 is 8.58 Å². The van der Waals surface area contributed by atoms with Gasteiger partial charge in [0.1, 0.15) is 0 Å². The first-order valence-corrected chi connectivity index (χ1v) is 4.78. The van der Waals surface area contributed by atoms with Gasteiger partial charge in [-0.1, -0.05) is 8.58 Å². The topological polar surface area (TPSA) is 43.4 Å². The highest BCUT2D eigenvalue weighted by molar-refractivity contribution is 7.93. The van der Waals surface area contributed by atoms with Crippen molar-refractivity contribution in [2.75, 3.05) is 11.8 Å². The van der Waals surface area contributed by atoms with Gasteiger partial charge in [-0.25, -0.2) is 0 Å². The lowest BCUT2D eigenvalue weighted by Crippen LogP contribution is -1.96. The summed E-state index contributed by atoms with van der Waals surface area (Å²) >= 11 is 0. The van der Waals surface area contributed by atoms with Gasteiger partial charge in [0, 0.05) is 0 Å². The summed E-state index contributed by atoms with van der Waals surface area (Å²) in [5.41, 5.74) is 0.229. The van der Waals surface area contributed by atoms with Gasteiger partial charge in [-0.3, -0.25) is 4.18 Å². The van der Waals surface area contributed by atoms with Crippen molar-refractivity contribution in [3.8, 4) is 0 Å². The van der Waals surface area contributed by atoms with Gasteiger partial charge in [0.05, 0.1) is 11.8 Å². The van der Waals surface area contributed by atoms with E-state index in [9.17, 15) is 8.42 Å². The quantitative estimate of drug-likeness (QED) is 0.349. The van der Waals surface area contributed by atoms with Crippen LogP contribution in [0.3, 0.4) is 0 Å². The SMILES string of the molecule is O=S1(=O)CPCO1. The number of hydrogen-bond acceptors (Lipinski definition) is 3. The van der Waals surface area contributed by atoms with E-state index in [1.165, 1.54) is 0 Å². The Labute approximate surface area is 44.0 Å². The summed E-state index contributed by atoms with van der Waals surface area (Å²) in [7, 11) is -2.58. The molecule has 0 spiro atoms. The van der Waals surface area contributed by atoms with E-state index in [1.807, 2.05) is 0 Å². The van der Waals surface area contributed by atoms with Crippen molar-refractivity contribution in [1.82, 2.24) is 0 Å². The standard InChI is InChI=1S/C2H5O3PS/c3-7(4)2-6-1-5-7/h6H,1-2H2. The van der Waals surface area contributed by atoms with Crippen molar-refractivity contribution in [2.45, 2.75) is 0 Å². The first-order chi connectivity index (χ1) is 3.21. The van der Waals surface area contributed by atoms with Crippen LogP contribution < -0.4 is 0 Å². The molecule has 3 nitrogen and oxygen atoms in total. The predicted molar refractivity (Wildman–Crippen MR) is 28.1 cm³/mol. The van der Waals surface area contributed by atoms with E-state index in [1.54, 1.807) is 0 Å². The summed E-state index contributed by atoms with van der Waals surface area (Å²) in [6.45, 7) is 0. The van der Waals surface area contributed by atoms with Crippen LogP contribution in [-0.4, -0.2) is 20.3 Å². The molecule has 1 unspecified atom stereocenters. The molecular weight excluding hydrogens is 135 g/mol. The van der Waals surface area contributed by atoms with Crippen molar-refractivity contribution in [1.29, 1.82) is 0 Å². The zero-order valence-corrected chi connectivity index (χ0v) is 5.36. The fourth-order valence-corrected chi connectivity index (χ4v) is 3.06. The third-order valence-electron chi connectivity index (χ3n) is 0.619. The average molecular weight is 140 g/mol. The molecule has 0 bridgehead atoms. The number of hydrogen-bond donors (Lipinski definition) is 0. The fourth-order valence-electron chi connectivity index (χ4n) is 0.340. The Kier molecular flexibility index (Phi) is 1.32. The summed E-state index contributed by atoms with van der Waals surface area (Å²) in [6.07, 6.45) is 0.405. The summed E-state index contributed by atoms with van der Waals surface area (Å²) < 4.78 is 24.8. The van der Waals surface area contributed by atoms with Gasteiger partial charge >= 0.3 is 0 Å². The zero-order valence-electron chi connectivity index (χ0n) is 3.55. The number of rotatable bonds is 0. The summed E-state index contributed by atoms with van der Waals surface area (Å²) in [4.78, 5) is 0. The van der Waals surface area contributed by atoms with Gasteiger partial charge in [0.25, 0.3) is 10.1 Å². The van der Waals surface area contributed by atoms with Crippen molar-refractivity contribution >= 4 is 18.7 Å². The molecule has 0 amide bonds. The minimum absolute atomic E-state index is 0.229. The van der Waals surface area contributed by atoms with Gasteiger partial charge in [-0.2, -0.15) is 8.42 Å². The third-order valence-corrected chi connectivity index (χ3v) is 3.88. The van der Waals surface area contributed by atoms with Crippen molar-refractivity contribution < 1.29 is 12.6 Å². The maximum atomic E-state index is 10.2. The molecule has 1 heterocycles. The fraction of sp³-hybridized carbons (Fsp3) is 1.00. The van der Waals surface area contributed by atoms with Crippen molar-refractivity contribution in [3.63, 3.8) is 0 Å². The second-order valence-corrected chi connectivity index (χ2v) is 4.51. The Morgan fingerprint density at radius 2 is 2.29 bits per heavy atom. The van der Waals surface area contributed by atoms with Crippen molar-refractivity contribution in [2.24, 2.45) is 0 Å². The zero-order chi connectivity index (χ0) is 5.33. The molecule has 0 aliphatic carbocycles. The molecule has 0 aromatic carbocycles. The molecule has 0 aromatic rings. The summed E-state index contributed by atoms with van der Waals surface area (Å²) in [6, 6.07) is 0. The van der Waals surface area contributed by atoms with Crippen LogP contribution in [0, 0.1) is 0 Å². The van der Waals surface area contributed by atoms with E-state index in [2.05, 4.69) is 4.18 Å². The van der Waals surface area contributed by atoms with Gasteiger partial charge in [-0.15, -0.1) is 0 Å². The maximum Gasteiger partial charge on any atom is 0.271 e. The Hall–Kier alpha value is 0.340. The molecule has 1 aliphatic rings. The largest absolute Gasteiger partial charge is 0.271 e. The normalized spacial score (nSPS) is 31.4. The van der Waals surface area contributed by atoms with E-state index < -0.39 is 10.1 Å². The van der Waals surface area contributed by atoms with Gasteiger partial charge in [0.15, 0.2) is 0 Å².